The predicted octanol–water partition coefficient (Wildman–Crippen LogP) is 2.47. The van der Waals surface area contributed by atoms with Crippen molar-refractivity contribution in [3.8, 4) is 0 Å². The third kappa shape index (κ3) is 6.19. The number of rotatable bonds is 4. The number of alkyl halides is 3. The van der Waals surface area contributed by atoms with Crippen LogP contribution in [0.15, 0.2) is 28.7 Å². The Balaban J connectivity index is 0.000000370. The van der Waals surface area contributed by atoms with Crippen molar-refractivity contribution in [3.05, 3.63) is 36.0 Å². The molecular weight excluding hydrogens is 397 g/mol. The SMILES string of the molecule is CCc1nc(NC(=O)NCc2nc3ccccc3o2)nn1C.O=C(O)C(F)(F)F. The van der Waals surface area contributed by atoms with Gasteiger partial charge in [0.05, 0.1) is 6.54 Å². The van der Waals surface area contributed by atoms with Gasteiger partial charge in [0.15, 0.2) is 5.58 Å². The molecule has 0 saturated heterocycles. The molecule has 156 valence electrons. The van der Waals surface area contributed by atoms with Crippen LogP contribution in [0.2, 0.25) is 0 Å². The highest BCUT2D eigenvalue weighted by Crippen LogP contribution is 2.14. The van der Waals surface area contributed by atoms with Gasteiger partial charge in [0.25, 0.3) is 0 Å². The normalized spacial score (nSPS) is 10.9. The number of amides is 2. The van der Waals surface area contributed by atoms with E-state index in [0.717, 1.165) is 17.8 Å². The van der Waals surface area contributed by atoms with E-state index in [9.17, 15) is 18.0 Å². The predicted molar refractivity (Wildman–Crippen MR) is 93.9 cm³/mol. The first-order valence-electron chi connectivity index (χ1n) is 8.19. The summed E-state index contributed by atoms with van der Waals surface area (Å²) in [5, 5.41) is 16.5. The van der Waals surface area contributed by atoms with Gasteiger partial charge in [-0.1, -0.05) is 19.1 Å². The van der Waals surface area contributed by atoms with Gasteiger partial charge in [-0.05, 0) is 12.1 Å². The lowest BCUT2D eigenvalue weighted by atomic mass is 10.3. The molecule has 10 nitrogen and oxygen atoms in total. The molecule has 0 saturated carbocycles. The summed E-state index contributed by atoms with van der Waals surface area (Å²) in [6, 6.07) is 7.03. The van der Waals surface area contributed by atoms with Crippen molar-refractivity contribution in [1.29, 1.82) is 0 Å². The van der Waals surface area contributed by atoms with Crippen LogP contribution in [0.25, 0.3) is 11.1 Å². The topological polar surface area (TPSA) is 135 Å². The Morgan fingerprint density at radius 3 is 2.45 bits per heavy atom. The number of oxazole rings is 1. The molecule has 2 heterocycles. The van der Waals surface area contributed by atoms with Crippen molar-refractivity contribution in [1.82, 2.24) is 25.1 Å². The summed E-state index contributed by atoms with van der Waals surface area (Å²) in [5.74, 6) is -1.24. The number of nitrogens with one attached hydrogen (secondary N) is 2. The molecule has 0 aliphatic heterocycles. The maximum atomic E-state index is 11.8. The number of aryl methyl sites for hydroxylation is 2. The number of carboxylic acids is 1. The van der Waals surface area contributed by atoms with Gasteiger partial charge in [-0.3, -0.25) is 10.00 Å². The Morgan fingerprint density at radius 2 is 1.90 bits per heavy atom. The number of halogens is 3. The highest BCUT2D eigenvalue weighted by Gasteiger charge is 2.38. The van der Waals surface area contributed by atoms with Gasteiger partial charge in [0.2, 0.25) is 11.8 Å². The van der Waals surface area contributed by atoms with Crippen LogP contribution >= 0.6 is 0 Å². The van der Waals surface area contributed by atoms with Gasteiger partial charge in [0.1, 0.15) is 11.3 Å². The fourth-order valence-corrected chi connectivity index (χ4v) is 2.07. The molecule has 0 aliphatic rings. The number of aromatic nitrogens is 4. The number of carboxylic acid groups (broad SMARTS) is 1. The number of hydrogen-bond acceptors (Lipinski definition) is 6. The van der Waals surface area contributed by atoms with E-state index in [1.807, 2.05) is 31.2 Å². The third-order valence-corrected chi connectivity index (χ3v) is 3.38. The quantitative estimate of drug-likeness (QED) is 0.597. The summed E-state index contributed by atoms with van der Waals surface area (Å²) >= 11 is 0. The van der Waals surface area contributed by atoms with Crippen LogP contribution in [-0.2, 0) is 24.8 Å². The Kier molecular flexibility index (Phi) is 6.75. The second-order valence-corrected chi connectivity index (χ2v) is 5.51. The average Bonchev–Trinajstić information content (AvgIpc) is 3.22. The number of para-hydroxylation sites is 2. The van der Waals surface area contributed by atoms with Crippen molar-refractivity contribution < 1.29 is 32.3 Å². The summed E-state index contributed by atoms with van der Waals surface area (Å²) in [5.41, 5.74) is 1.46. The van der Waals surface area contributed by atoms with E-state index >= 15 is 0 Å². The Hall–Kier alpha value is -3.64. The van der Waals surface area contributed by atoms with Crippen molar-refractivity contribution in [2.75, 3.05) is 5.32 Å². The number of urea groups is 1. The minimum Gasteiger partial charge on any atom is -0.475 e. The van der Waals surface area contributed by atoms with E-state index in [1.54, 1.807) is 11.7 Å². The van der Waals surface area contributed by atoms with Crippen LogP contribution in [0.1, 0.15) is 18.6 Å². The van der Waals surface area contributed by atoms with Crippen LogP contribution in [0.4, 0.5) is 23.9 Å². The van der Waals surface area contributed by atoms with Crippen LogP contribution in [-0.4, -0.2) is 43.0 Å². The fraction of sp³-hybridized carbons (Fsp3) is 0.312. The van der Waals surface area contributed by atoms with Gasteiger partial charge in [-0.25, -0.2) is 14.6 Å². The number of fused-ring (bicyclic) bond motifs is 1. The van der Waals surface area contributed by atoms with Crippen LogP contribution in [0.3, 0.4) is 0 Å². The number of aliphatic carboxylic acids is 1. The zero-order valence-corrected chi connectivity index (χ0v) is 15.3. The summed E-state index contributed by atoms with van der Waals surface area (Å²) in [6.07, 6.45) is -4.34. The molecule has 0 fully saturated rings. The summed E-state index contributed by atoms with van der Waals surface area (Å²) in [4.78, 5) is 29.2. The molecule has 13 heteroatoms. The van der Waals surface area contributed by atoms with Gasteiger partial charge >= 0.3 is 18.2 Å². The molecular formula is C16H17F3N6O4. The molecule has 0 bridgehead atoms. The van der Waals surface area contributed by atoms with E-state index in [0.29, 0.717) is 11.5 Å². The lowest BCUT2D eigenvalue weighted by Gasteiger charge is -2.01. The van der Waals surface area contributed by atoms with E-state index in [2.05, 4.69) is 25.7 Å². The average molecular weight is 414 g/mol. The maximum absolute atomic E-state index is 11.8. The zero-order chi connectivity index (χ0) is 21.6. The number of anilines is 1. The molecule has 3 aromatic rings. The van der Waals surface area contributed by atoms with Gasteiger partial charge in [-0.2, -0.15) is 18.2 Å². The van der Waals surface area contributed by atoms with Crippen molar-refractivity contribution >= 4 is 29.0 Å². The second kappa shape index (κ2) is 9.03. The molecule has 3 rings (SSSR count). The second-order valence-electron chi connectivity index (χ2n) is 5.51. The first-order valence-corrected chi connectivity index (χ1v) is 8.19. The smallest absolute Gasteiger partial charge is 0.475 e. The highest BCUT2D eigenvalue weighted by molar-refractivity contribution is 5.87. The van der Waals surface area contributed by atoms with Crippen molar-refractivity contribution in [2.24, 2.45) is 7.05 Å². The first kappa shape index (κ1) is 21.7. The van der Waals surface area contributed by atoms with Crippen molar-refractivity contribution in [2.45, 2.75) is 26.1 Å². The molecule has 3 N–H and O–H groups in total. The van der Waals surface area contributed by atoms with E-state index in [1.165, 1.54) is 0 Å². The molecule has 0 unspecified atom stereocenters. The highest BCUT2D eigenvalue weighted by atomic mass is 19.4. The first-order chi connectivity index (χ1) is 13.6. The molecule has 0 radical (unpaired) electrons. The molecule has 0 aliphatic carbocycles. The summed E-state index contributed by atoms with van der Waals surface area (Å²) in [6.45, 7) is 2.16. The van der Waals surface area contributed by atoms with Gasteiger partial charge in [0, 0.05) is 13.5 Å². The minimum atomic E-state index is -5.08. The fourth-order valence-electron chi connectivity index (χ4n) is 2.07. The lowest BCUT2D eigenvalue weighted by molar-refractivity contribution is -0.192. The monoisotopic (exact) mass is 414 g/mol. The lowest BCUT2D eigenvalue weighted by Crippen LogP contribution is -2.28. The van der Waals surface area contributed by atoms with E-state index in [-0.39, 0.29) is 12.5 Å². The molecule has 2 aromatic heterocycles. The van der Waals surface area contributed by atoms with E-state index < -0.39 is 18.2 Å². The zero-order valence-electron chi connectivity index (χ0n) is 15.3. The maximum Gasteiger partial charge on any atom is 0.490 e. The molecule has 0 atom stereocenters. The van der Waals surface area contributed by atoms with E-state index in [4.69, 9.17) is 14.3 Å². The van der Waals surface area contributed by atoms with Crippen LogP contribution < -0.4 is 10.6 Å². The number of carbonyl (C=O) groups excluding carboxylic acids is 1. The van der Waals surface area contributed by atoms with Crippen LogP contribution in [0, 0.1) is 0 Å². The number of carbonyl (C=O) groups is 2. The van der Waals surface area contributed by atoms with Gasteiger partial charge < -0.3 is 14.8 Å². The third-order valence-electron chi connectivity index (χ3n) is 3.38. The number of hydrogen-bond donors (Lipinski definition) is 3. The summed E-state index contributed by atoms with van der Waals surface area (Å²) < 4.78 is 38.9. The molecule has 0 spiro atoms. The number of benzene rings is 1. The molecule has 29 heavy (non-hydrogen) atoms. The molecule has 1 aromatic carbocycles. The Bertz CT molecular complexity index is 965. The minimum absolute atomic E-state index is 0.188. The van der Waals surface area contributed by atoms with Gasteiger partial charge in [-0.15, -0.1) is 5.10 Å². The summed E-state index contributed by atoms with van der Waals surface area (Å²) in [7, 11) is 1.78. The number of nitrogens with zero attached hydrogens (tertiary/aromatic N) is 4. The standard InChI is InChI=1S/C14H16N6O2.C2HF3O2/c1-3-11-17-13(19-20(11)2)18-14(21)15-8-12-16-9-6-4-5-7-10(9)22-12;3-2(4,5)1(6)7/h4-7H,3,8H2,1-2H3,(H2,15,18,19,21);(H,6,7). The van der Waals surface area contributed by atoms with Crippen molar-refractivity contribution in [3.63, 3.8) is 0 Å². The van der Waals surface area contributed by atoms with Crippen LogP contribution in [0.5, 0.6) is 0 Å². The Labute approximate surface area is 161 Å². The molecule has 2 amide bonds. The Morgan fingerprint density at radius 1 is 1.24 bits per heavy atom. The largest absolute Gasteiger partial charge is 0.490 e.